The Bertz CT molecular complexity index is 442. The Kier molecular flexibility index (Phi) is 2.93. The van der Waals surface area contributed by atoms with E-state index in [1.165, 1.54) is 4.88 Å². The average molecular weight is 222 g/mol. The van der Waals surface area contributed by atoms with Crippen LogP contribution in [0, 0.1) is 6.92 Å². The number of rotatable bonds is 3. The number of aliphatic hydroxyl groups excluding tert-OH is 1. The van der Waals surface area contributed by atoms with Crippen LogP contribution in [0.4, 0.5) is 0 Å². The Balaban J connectivity index is 2.23. The van der Waals surface area contributed by atoms with Crippen LogP contribution in [-0.2, 0) is 6.42 Å². The predicted octanol–water partition coefficient (Wildman–Crippen LogP) is 3.29. The topological polar surface area (TPSA) is 33.4 Å². The van der Waals surface area contributed by atoms with E-state index in [1.807, 2.05) is 38.1 Å². The molecule has 0 amide bonds. The summed E-state index contributed by atoms with van der Waals surface area (Å²) in [5.41, 5.74) is 0. The molecule has 0 bridgehead atoms. The zero-order valence-corrected chi connectivity index (χ0v) is 9.67. The second-order valence-electron chi connectivity index (χ2n) is 3.51. The van der Waals surface area contributed by atoms with Gasteiger partial charge in [-0.15, -0.1) is 11.3 Å². The largest absolute Gasteiger partial charge is 0.463 e. The maximum Gasteiger partial charge on any atom is 0.146 e. The summed E-state index contributed by atoms with van der Waals surface area (Å²) in [6, 6.07) is 7.71. The molecule has 0 aliphatic heterocycles. The Labute approximate surface area is 93.2 Å². The van der Waals surface area contributed by atoms with Crippen molar-refractivity contribution < 1.29 is 9.52 Å². The standard InChI is InChI=1S/C12H14O2S/c1-3-9-5-6-10(14-9)12(13)11-7-4-8(2)15-11/h4-7,12-13H,3H2,1-2H3. The number of hydrogen-bond donors (Lipinski definition) is 1. The van der Waals surface area contributed by atoms with E-state index < -0.39 is 6.10 Å². The van der Waals surface area contributed by atoms with Gasteiger partial charge in [0.15, 0.2) is 0 Å². The zero-order valence-electron chi connectivity index (χ0n) is 8.86. The molecule has 2 heterocycles. The van der Waals surface area contributed by atoms with E-state index in [0.29, 0.717) is 5.76 Å². The molecule has 80 valence electrons. The van der Waals surface area contributed by atoms with E-state index in [9.17, 15) is 5.11 Å². The number of aliphatic hydroxyl groups is 1. The molecular weight excluding hydrogens is 208 g/mol. The lowest BCUT2D eigenvalue weighted by molar-refractivity contribution is 0.190. The van der Waals surface area contributed by atoms with Crippen molar-refractivity contribution in [3.8, 4) is 0 Å². The van der Waals surface area contributed by atoms with Gasteiger partial charge < -0.3 is 9.52 Å². The molecule has 2 nitrogen and oxygen atoms in total. The Morgan fingerprint density at radius 3 is 2.67 bits per heavy atom. The molecular formula is C12H14O2S. The van der Waals surface area contributed by atoms with E-state index in [2.05, 4.69) is 0 Å². The normalized spacial score (nSPS) is 13.0. The molecule has 0 saturated carbocycles. The fourth-order valence-electron chi connectivity index (χ4n) is 1.47. The van der Waals surface area contributed by atoms with Gasteiger partial charge in [0.05, 0.1) is 0 Å². The van der Waals surface area contributed by atoms with Gasteiger partial charge in [-0.25, -0.2) is 0 Å². The lowest BCUT2D eigenvalue weighted by Gasteiger charge is -2.04. The van der Waals surface area contributed by atoms with E-state index in [-0.39, 0.29) is 0 Å². The second-order valence-corrected chi connectivity index (χ2v) is 4.83. The van der Waals surface area contributed by atoms with Crippen molar-refractivity contribution in [2.45, 2.75) is 26.4 Å². The van der Waals surface area contributed by atoms with Gasteiger partial charge in [0.25, 0.3) is 0 Å². The second kappa shape index (κ2) is 4.21. The first-order valence-electron chi connectivity index (χ1n) is 5.03. The van der Waals surface area contributed by atoms with Crippen molar-refractivity contribution >= 4 is 11.3 Å². The van der Waals surface area contributed by atoms with Gasteiger partial charge in [0.2, 0.25) is 0 Å². The molecule has 2 aromatic rings. The van der Waals surface area contributed by atoms with Crippen LogP contribution in [0.3, 0.4) is 0 Å². The lowest BCUT2D eigenvalue weighted by atomic mass is 10.2. The first kappa shape index (κ1) is 10.5. The Morgan fingerprint density at radius 1 is 1.33 bits per heavy atom. The molecule has 0 radical (unpaired) electrons. The van der Waals surface area contributed by atoms with Gasteiger partial charge in [-0.3, -0.25) is 0 Å². The number of aryl methyl sites for hydroxylation is 2. The van der Waals surface area contributed by atoms with Crippen molar-refractivity contribution in [2.24, 2.45) is 0 Å². The third-order valence-electron chi connectivity index (χ3n) is 2.33. The maximum atomic E-state index is 10.0. The van der Waals surface area contributed by atoms with Crippen LogP contribution >= 0.6 is 11.3 Å². The van der Waals surface area contributed by atoms with Crippen LogP contribution in [0.5, 0.6) is 0 Å². The molecule has 0 fully saturated rings. The number of furan rings is 1. The summed E-state index contributed by atoms with van der Waals surface area (Å²) >= 11 is 1.60. The monoisotopic (exact) mass is 222 g/mol. The summed E-state index contributed by atoms with van der Waals surface area (Å²) in [5.74, 6) is 1.55. The Morgan fingerprint density at radius 2 is 2.13 bits per heavy atom. The summed E-state index contributed by atoms with van der Waals surface area (Å²) in [4.78, 5) is 2.14. The molecule has 3 heteroatoms. The van der Waals surface area contributed by atoms with E-state index in [0.717, 1.165) is 17.1 Å². The Hall–Kier alpha value is -1.06. The van der Waals surface area contributed by atoms with Crippen LogP contribution in [0.1, 0.15) is 34.3 Å². The molecule has 2 aromatic heterocycles. The molecule has 0 saturated heterocycles. The minimum absolute atomic E-state index is 0.621. The highest BCUT2D eigenvalue weighted by Crippen LogP contribution is 2.29. The molecule has 0 aliphatic rings. The third-order valence-corrected chi connectivity index (χ3v) is 3.38. The number of thiophene rings is 1. The highest BCUT2D eigenvalue weighted by atomic mass is 32.1. The quantitative estimate of drug-likeness (QED) is 0.864. The molecule has 1 unspecified atom stereocenters. The molecule has 2 rings (SSSR count). The van der Waals surface area contributed by atoms with Gasteiger partial charge in [0.1, 0.15) is 17.6 Å². The smallest absolute Gasteiger partial charge is 0.146 e. The molecule has 1 N–H and O–H groups in total. The van der Waals surface area contributed by atoms with Crippen LogP contribution in [0.2, 0.25) is 0 Å². The molecule has 0 aliphatic carbocycles. The average Bonchev–Trinajstić information content (AvgIpc) is 2.84. The van der Waals surface area contributed by atoms with Crippen molar-refractivity contribution in [3.63, 3.8) is 0 Å². The third kappa shape index (κ3) is 2.13. The highest BCUT2D eigenvalue weighted by molar-refractivity contribution is 7.12. The summed E-state index contributed by atoms with van der Waals surface area (Å²) < 4.78 is 5.51. The van der Waals surface area contributed by atoms with Crippen LogP contribution in [-0.4, -0.2) is 5.11 Å². The summed E-state index contributed by atoms with van der Waals surface area (Å²) in [7, 11) is 0. The minimum atomic E-state index is -0.621. The fourth-order valence-corrected chi connectivity index (χ4v) is 2.34. The van der Waals surface area contributed by atoms with Crippen molar-refractivity contribution in [1.29, 1.82) is 0 Å². The van der Waals surface area contributed by atoms with Crippen molar-refractivity contribution in [2.75, 3.05) is 0 Å². The summed E-state index contributed by atoms with van der Waals surface area (Å²) in [6.07, 6.45) is 0.236. The van der Waals surface area contributed by atoms with Gasteiger partial charge >= 0.3 is 0 Å². The van der Waals surface area contributed by atoms with Gasteiger partial charge in [-0.1, -0.05) is 6.92 Å². The SMILES string of the molecule is CCc1ccc(C(O)c2ccc(C)s2)o1. The van der Waals surface area contributed by atoms with Crippen LogP contribution < -0.4 is 0 Å². The first-order valence-corrected chi connectivity index (χ1v) is 5.85. The minimum Gasteiger partial charge on any atom is -0.463 e. The van der Waals surface area contributed by atoms with Gasteiger partial charge in [0, 0.05) is 16.2 Å². The fraction of sp³-hybridized carbons (Fsp3) is 0.333. The maximum absolute atomic E-state index is 10.0. The van der Waals surface area contributed by atoms with Gasteiger partial charge in [-0.05, 0) is 31.2 Å². The van der Waals surface area contributed by atoms with Crippen LogP contribution in [0.15, 0.2) is 28.7 Å². The van der Waals surface area contributed by atoms with Crippen molar-refractivity contribution in [1.82, 2.24) is 0 Å². The molecule has 1 atom stereocenters. The molecule has 15 heavy (non-hydrogen) atoms. The predicted molar refractivity (Wildman–Crippen MR) is 61.2 cm³/mol. The van der Waals surface area contributed by atoms with E-state index >= 15 is 0 Å². The van der Waals surface area contributed by atoms with Gasteiger partial charge in [-0.2, -0.15) is 0 Å². The van der Waals surface area contributed by atoms with E-state index in [1.54, 1.807) is 11.3 Å². The van der Waals surface area contributed by atoms with E-state index in [4.69, 9.17) is 4.42 Å². The zero-order chi connectivity index (χ0) is 10.8. The summed E-state index contributed by atoms with van der Waals surface area (Å²) in [5, 5.41) is 10.0. The molecule has 0 aromatic carbocycles. The lowest BCUT2D eigenvalue weighted by Crippen LogP contribution is -1.94. The highest BCUT2D eigenvalue weighted by Gasteiger charge is 2.15. The first-order chi connectivity index (χ1) is 7.20. The van der Waals surface area contributed by atoms with Crippen LogP contribution in [0.25, 0.3) is 0 Å². The van der Waals surface area contributed by atoms with Crippen molar-refractivity contribution in [3.05, 3.63) is 45.5 Å². The summed E-state index contributed by atoms with van der Waals surface area (Å²) in [6.45, 7) is 4.06. The molecule has 0 spiro atoms. The number of hydrogen-bond acceptors (Lipinski definition) is 3.